The Morgan fingerprint density at radius 1 is 1.24 bits per heavy atom. The van der Waals surface area contributed by atoms with Crippen LogP contribution in [0.1, 0.15) is 17.5 Å². The molecule has 130 valence electrons. The molecule has 1 amide bonds. The standard InChI is InChI=1S/C20H23N3O2/c1-15-7-8-19(25-2)16(13-15)9-11-21-20(24)10-12-23-14-22-17-5-3-4-6-18(17)23/h3-8,13-14H,9-12H2,1-2H3,(H,21,24). The minimum Gasteiger partial charge on any atom is -0.496 e. The first-order valence-corrected chi connectivity index (χ1v) is 8.47. The monoisotopic (exact) mass is 337 g/mol. The lowest BCUT2D eigenvalue weighted by Gasteiger charge is -2.10. The Morgan fingerprint density at radius 3 is 2.92 bits per heavy atom. The van der Waals surface area contributed by atoms with Crippen LogP contribution >= 0.6 is 0 Å². The van der Waals surface area contributed by atoms with Crippen molar-refractivity contribution in [2.45, 2.75) is 26.3 Å². The van der Waals surface area contributed by atoms with Gasteiger partial charge in [-0.25, -0.2) is 4.98 Å². The number of amides is 1. The summed E-state index contributed by atoms with van der Waals surface area (Å²) in [6.07, 6.45) is 2.98. The van der Waals surface area contributed by atoms with Crippen LogP contribution in [0.4, 0.5) is 0 Å². The third kappa shape index (κ3) is 4.18. The fourth-order valence-corrected chi connectivity index (χ4v) is 2.94. The molecule has 0 aliphatic heterocycles. The number of nitrogens with zero attached hydrogens (tertiary/aromatic N) is 2. The van der Waals surface area contributed by atoms with E-state index in [1.165, 1.54) is 5.56 Å². The summed E-state index contributed by atoms with van der Waals surface area (Å²) in [5.41, 5.74) is 4.31. The number of carbonyl (C=O) groups is 1. The molecule has 1 aromatic heterocycles. The number of nitrogens with one attached hydrogen (secondary N) is 1. The Hall–Kier alpha value is -2.82. The van der Waals surface area contributed by atoms with E-state index in [1.54, 1.807) is 13.4 Å². The number of aryl methyl sites for hydroxylation is 2. The van der Waals surface area contributed by atoms with Gasteiger partial charge in [0, 0.05) is 19.5 Å². The van der Waals surface area contributed by atoms with Gasteiger partial charge in [0.15, 0.2) is 0 Å². The van der Waals surface area contributed by atoms with E-state index in [0.29, 0.717) is 19.5 Å². The number of hydrogen-bond acceptors (Lipinski definition) is 3. The Labute approximate surface area is 147 Å². The van der Waals surface area contributed by atoms with Gasteiger partial charge in [0.2, 0.25) is 5.91 Å². The smallest absolute Gasteiger partial charge is 0.221 e. The minimum atomic E-state index is 0.0457. The van der Waals surface area contributed by atoms with Crippen molar-refractivity contribution in [2.24, 2.45) is 0 Å². The second-order valence-electron chi connectivity index (χ2n) is 6.09. The zero-order valence-electron chi connectivity index (χ0n) is 14.7. The van der Waals surface area contributed by atoms with Gasteiger partial charge in [-0.05, 0) is 37.1 Å². The van der Waals surface area contributed by atoms with Crippen LogP contribution in [0.3, 0.4) is 0 Å². The summed E-state index contributed by atoms with van der Waals surface area (Å²) < 4.78 is 7.38. The van der Waals surface area contributed by atoms with Crippen molar-refractivity contribution in [3.63, 3.8) is 0 Å². The van der Waals surface area contributed by atoms with Gasteiger partial charge in [-0.3, -0.25) is 4.79 Å². The molecule has 0 saturated heterocycles. The molecule has 5 nitrogen and oxygen atoms in total. The van der Waals surface area contributed by atoms with E-state index in [2.05, 4.69) is 23.3 Å². The first kappa shape index (κ1) is 17.0. The molecular weight excluding hydrogens is 314 g/mol. The average Bonchev–Trinajstić information content (AvgIpc) is 3.03. The van der Waals surface area contributed by atoms with Gasteiger partial charge in [0.25, 0.3) is 0 Å². The maximum Gasteiger partial charge on any atom is 0.221 e. The molecule has 1 heterocycles. The highest BCUT2D eigenvalue weighted by atomic mass is 16.5. The van der Waals surface area contributed by atoms with Gasteiger partial charge in [-0.15, -0.1) is 0 Å². The third-order valence-electron chi connectivity index (χ3n) is 4.26. The summed E-state index contributed by atoms with van der Waals surface area (Å²) in [6, 6.07) is 14.0. The predicted molar refractivity (Wildman–Crippen MR) is 98.8 cm³/mol. The number of ether oxygens (including phenoxy) is 1. The number of benzene rings is 2. The summed E-state index contributed by atoms with van der Waals surface area (Å²) in [7, 11) is 1.67. The van der Waals surface area contributed by atoms with Gasteiger partial charge >= 0.3 is 0 Å². The lowest BCUT2D eigenvalue weighted by Crippen LogP contribution is -2.26. The van der Waals surface area contributed by atoms with Gasteiger partial charge in [0.05, 0.1) is 24.5 Å². The van der Waals surface area contributed by atoms with Crippen LogP contribution in [0.2, 0.25) is 0 Å². The number of methoxy groups -OCH3 is 1. The lowest BCUT2D eigenvalue weighted by atomic mass is 10.1. The van der Waals surface area contributed by atoms with Crippen molar-refractivity contribution in [2.75, 3.05) is 13.7 Å². The van der Waals surface area contributed by atoms with Crippen molar-refractivity contribution in [1.29, 1.82) is 0 Å². The van der Waals surface area contributed by atoms with Crippen LogP contribution in [0.5, 0.6) is 5.75 Å². The molecular formula is C20H23N3O2. The maximum absolute atomic E-state index is 12.1. The maximum atomic E-state index is 12.1. The summed E-state index contributed by atoms with van der Waals surface area (Å²) in [5, 5.41) is 2.98. The highest BCUT2D eigenvalue weighted by Gasteiger charge is 2.07. The van der Waals surface area contributed by atoms with E-state index in [-0.39, 0.29) is 5.91 Å². The highest BCUT2D eigenvalue weighted by Crippen LogP contribution is 2.19. The summed E-state index contributed by atoms with van der Waals surface area (Å²) >= 11 is 0. The molecule has 0 aliphatic carbocycles. The molecule has 0 spiro atoms. The minimum absolute atomic E-state index is 0.0457. The van der Waals surface area contributed by atoms with Crippen LogP contribution in [-0.4, -0.2) is 29.1 Å². The predicted octanol–water partition coefficient (Wildman–Crippen LogP) is 3.10. The second kappa shape index (κ2) is 7.83. The van der Waals surface area contributed by atoms with Crippen molar-refractivity contribution >= 4 is 16.9 Å². The Bertz CT molecular complexity index is 870. The zero-order chi connectivity index (χ0) is 17.6. The molecule has 0 fully saturated rings. The molecule has 5 heteroatoms. The molecule has 0 saturated carbocycles. The second-order valence-corrected chi connectivity index (χ2v) is 6.09. The number of hydrogen-bond donors (Lipinski definition) is 1. The molecule has 0 unspecified atom stereocenters. The zero-order valence-corrected chi connectivity index (χ0v) is 14.7. The number of aromatic nitrogens is 2. The van der Waals surface area contributed by atoms with Crippen molar-refractivity contribution < 1.29 is 9.53 Å². The van der Waals surface area contributed by atoms with Gasteiger partial charge in [0.1, 0.15) is 5.75 Å². The Morgan fingerprint density at radius 2 is 2.08 bits per heavy atom. The number of imidazole rings is 1. The van der Waals surface area contributed by atoms with E-state index in [4.69, 9.17) is 4.74 Å². The van der Waals surface area contributed by atoms with E-state index >= 15 is 0 Å². The average molecular weight is 337 g/mol. The van der Waals surface area contributed by atoms with Crippen molar-refractivity contribution in [1.82, 2.24) is 14.9 Å². The molecule has 25 heavy (non-hydrogen) atoms. The number of fused-ring (bicyclic) bond motifs is 1. The summed E-state index contributed by atoms with van der Waals surface area (Å²) in [5.74, 6) is 0.911. The number of carbonyl (C=O) groups excluding carboxylic acids is 1. The largest absolute Gasteiger partial charge is 0.496 e. The quantitative estimate of drug-likeness (QED) is 0.721. The summed E-state index contributed by atoms with van der Waals surface area (Å²) in [4.78, 5) is 16.5. The topological polar surface area (TPSA) is 56.1 Å². The molecule has 1 N–H and O–H groups in total. The van der Waals surface area contributed by atoms with Crippen molar-refractivity contribution in [3.8, 4) is 5.75 Å². The van der Waals surface area contributed by atoms with Crippen molar-refractivity contribution in [3.05, 3.63) is 59.9 Å². The normalized spacial score (nSPS) is 10.8. The van der Waals surface area contributed by atoms with Crippen LogP contribution < -0.4 is 10.1 Å². The van der Waals surface area contributed by atoms with Crippen LogP contribution in [0, 0.1) is 6.92 Å². The molecule has 0 aliphatic rings. The molecule has 0 radical (unpaired) electrons. The fourth-order valence-electron chi connectivity index (χ4n) is 2.94. The van der Waals surface area contributed by atoms with E-state index in [0.717, 1.165) is 28.8 Å². The molecule has 2 aromatic carbocycles. The molecule has 0 bridgehead atoms. The first-order chi connectivity index (χ1) is 12.2. The SMILES string of the molecule is COc1ccc(C)cc1CCNC(=O)CCn1cnc2ccccc21. The van der Waals surface area contributed by atoms with E-state index in [1.807, 2.05) is 41.0 Å². The van der Waals surface area contributed by atoms with E-state index in [9.17, 15) is 4.79 Å². The third-order valence-corrected chi connectivity index (χ3v) is 4.26. The number of rotatable bonds is 7. The Balaban J connectivity index is 1.49. The van der Waals surface area contributed by atoms with Crippen LogP contribution in [0.25, 0.3) is 11.0 Å². The molecule has 0 atom stereocenters. The highest BCUT2D eigenvalue weighted by molar-refractivity contribution is 5.77. The molecule has 3 rings (SSSR count). The van der Waals surface area contributed by atoms with Gasteiger partial charge < -0.3 is 14.6 Å². The van der Waals surface area contributed by atoms with Gasteiger partial charge in [-0.1, -0.05) is 29.8 Å². The summed E-state index contributed by atoms with van der Waals surface area (Å²) in [6.45, 7) is 3.28. The van der Waals surface area contributed by atoms with E-state index < -0.39 is 0 Å². The Kier molecular flexibility index (Phi) is 5.33. The fraction of sp³-hybridized carbons (Fsp3) is 0.300. The lowest BCUT2D eigenvalue weighted by molar-refractivity contribution is -0.121. The molecule has 3 aromatic rings. The van der Waals surface area contributed by atoms with Gasteiger partial charge in [-0.2, -0.15) is 0 Å². The number of para-hydroxylation sites is 2. The first-order valence-electron chi connectivity index (χ1n) is 8.47. The van der Waals surface area contributed by atoms with Crippen LogP contribution in [0.15, 0.2) is 48.8 Å². The van der Waals surface area contributed by atoms with Crippen LogP contribution in [-0.2, 0) is 17.8 Å².